The van der Waals surface area contributed by atoms with Crippen molar-refractivity contribution in [3.63, 3.8) is 0 Å². The van der Waals surface area contributed by atoms with E-state index in [0.29, 0.717) is 0 Å². The van der Waals surface area contributed by atoms with Crippen molar-refractivity contribution in [1.29, 1.82) is 0 Å². The van der Waals surface area contributed by atoms with E-state index in [-0.39, 0.29) is 5.82 Å². The number of hydrogen-bond acceptors (Lipinski definition) is 2. The molecular weight excluding hydrogens is 247 g/mol. The number of aliphatic imine (C=N–C) groups is 1. The van der Waals surface area contributed by atoms with E-state index >= 15 is 0 Å². The smallest absolute Gasteiger partial charge is 0.124 e. The molecule has 1 aromatic rings. The van der Waals surface area contributed by atoms with Gasteiger partial charge >= 0.3 is 0 Å². The predicted octanol–water partition coefficient (Wildman–Crippen LogP) is 3.19. The Bertz CT molecular complexity index is 376. The summed E-state index contributed by atoms with van der Waals surface area (Å²) in [5.41, 5.74) is 0.868. The van der Waals surface area contributed by atoms with Gasteiger partial charge in [-0.3, -0.25) is 4.99 Å². The molecular formula is C10H10BrFN2. The van der Waals surface area contributed by atoms with Gasteiger partial charge in [0.15, 0.2) is 0 Å². The second kappa shape index (κ2) is 4.09. The molecule has 0 spiro atoms. The molecule has 1 aliphatic heterocycles. The van der Waals surface area contributed by atoms with Crippen molar-refractivity contribution in [3.8, 4) is 0 Å². The van der Waals surface area contributed by atoms with Crippen LogP contribution in [0.1, 0.15) is 12.8 Å². The Labute approximate surface area is 90.4 Å². The van der Waals surface area contributed by atoms with E-state index in [0.717, 1.165) is 35.4 Å². The topological polar surface area (TPSA) is 24.4 Å². The lowest BCUT2D eigenvalue weighted by atomic mass is 10.3. The standard InChI is InChI=1S/C10H10BrFN2/c11-8-6-7(12)3-4-9(8)14-10-2-1-5-13-10/h3-4,6H,1-2,5H2,(H,13,14). The minimum atomic E-state index is -0.240. The summed E-state index contributed by atoms with van der Waals surface area (Å²) in [4.78, 5) is 4.29. The van der Waals surface area contributed by atoms with E-state index in [1.807, 2.05) is 0 Å². The average molecular weight is 257 g/mol. The van der Waals surface area contributed by atoms with Gasteiger partial charge in [0, 0.05) is 17.4 Å². The molecule has 0 saturated heterocycles. The van der Waals surface area contributed by atoms with Crippen molar-refractivity contribution >= 4 is 27.5 Å². The first-order chi connectivity index (χ1) is 6.75. The maximum atomic E-state index is 12.8. The first kappa shape index (κ1) is 9.65. The summed E-state index contributed by atoms with van der Waals surface area (Å²) >= 11 is 3.30. The molecule has 0 radical (unpaired) electrons. The zero-order chi connectivity index (χ0) is 9.97. The molecule has 2 rings (SSSR count). The highest BCUT2D eigenvalue weighted by molar-refractivity contribution is 9.10. The van der Waals surface area contributed by atoms with Crippen molar-refractivity contribution in [2.24, 2.45) is 4.99 Å². The fourth-order valence-electron chi connectivity index (χ4n) is 1.39. The fraction of sp³-hybridized carbons (Fsp3) is 0.300. The molecule has 4 heteroatoms. The number of nitrogens with one attached hydrogen (secondary N) is 1. The first-order valence-corrected chi connectivity index (χ1v) is 5.30. The van der Waals surface area contributed by atoms with Gasteiger partial charge in [0.1, 0.15) is 11.7 Å². The molecule has 0 aliphatic carbocycles. The third-order valence-electron chi connectivity index (χ3n) is 2.08. The van der Waals surface area contributed by atoms with Crippen molar-refractivity contribution < 1.29 is 4.39 Å². The van der Waals surface area contributed by atoms with Gasteiger partial charge in [0.25, 0.3) is 0 Å². The first-order valence-electron chi connectivity index (χ1n) is 4.51. The van der Waals surface area contributed by atoms with Crippen LogP contribution < -0.4 is 5.32 Å². The molecule has 74 valence electrons. The quantitative estimate of drug-likeness (QED) is 0.820. The maximum absolute atomic E-state index is 12.8. The Balaban J connectivity index is 2.16. The third kappa shape index (κ3) is 2.12. The Morgan fingerprint density at radius 1 is 1.43 bits per heavy atom. The number of benzene rings is 1. The maximum Gasteiger partial charge on any atom is 0.124 e. The van der Waals surface area contributed by atoms with E-state index in [4.69, 9.17) is 0 Å². The van der Waals surface area contributed by atoms with Gasteiger partial charge in [-0.25, -0.2) is 4.39 Å². The van der Waals surface area contributed by atoms with Crippen LogP contribution in [-0.2, 0) is 0 Å². The molecule has 0 amide bonds. The largest absolute Gasteiger partial charge is 0.343 e. The summed E-state index contributed by atoms with van der Waals surface area (Å²) in [6, 6.07) is 4.58. The molecule has 2 nitrogen and oxygen atoms in total. The zero-order valence-corrected chi connectivity index (χ0v) is 9.14. The molecule has 0 saturated carbocycles. The normalized spacial score (nSPS) is 15.4. The Kier molecular flexibility index (Phi) is 2.82. The summed E-state index contributed by atoms with van der Waals surface area (Å²) in [7, 11) is 0. The van der Waals surface area contributed by atoms with E-state index in [1.54, 1.807) is 6.07 Å². The Morgan fingerprint density at radius 2 is 2.29 bits per heavy atom. The van der Waals surface area contributed by atoms with Gasteiger partial charge in [0.05, 0.1) is 5.69 Å². The van der Waals surface area contributed by atoms with Crippen molar-refractivity contribution in [3.05, 3.63) is 28.5 Å². The van der Waals surface area contributed by atoms with Crippen molar-refractivity contribution in [2.75, 3.05) is 11.9 Å². The molecule has 0 unspecified atom stereocenters. The van der Waals surface area contributed by atoms with Crippen LogP contribution in [0.4, 0.5) is 10.1 Å². The van der Waals surface area contributed by atoms with Crippen LogP contribution in [-0.4, -0.2) is 12.4 Å². The van der Waals surface area contributed by atoms with Crippen molar-refractivity contribution in [2.45, 2.75) is 12.8 Å². The van der Waals surface area contributed by atoms with Gasteiger partial charge in [-0.05, 0) is 40.5 Å². The number of nitrogens with zero attached hydrogens (tertiary/aromatic N) is 1. The second-order valence-electron chi connectivity index (χ2n) is 3.18. The number of rotatable bonds is 1. The van der Waals surface area contributed by atoms with Gasteiger partial charge in [-0.2, -0.15) is 0 Å². The predicted molar refractivity (Wildman–Crippen MR) is 59.3 cm³/mol. The van der Waals surface area contributed by atoms with E-state index in [1.165, 1.54) is 12.1 Å². The lowest BCUT2D eigenvalue weighted by Crippen LogP contribution is -2.08. The second-order valence-corrected chi connectivity index (χ2v) is 4.04. The van der Waals surface area contributed by atoms with Crippen LogP contribution in [0.15, 0.2) is 27.7 Å². The Morgan fingerprint density at radius 3 is 2.93 bits per heavy atom. The lowest BCUT2D eigenvalue weighted by molar-refractivity contribution is 0.627. The molecule has 0 fully saturated rings. The van der Waals surface area contributed by atoms with E-state index < -0.39 is 0 Å². The van der Waals surface area contributed by atoms with Crippen molar-refractivity contribution in [1.82, 2.24) is 0 Å². The van der Waals surface area contributed by atoms with Gasteiger partial charge < -0.3 is 5.32 Å². The summed E-state index contributed by atoms with van der Waals surface area (Å²) in [5, 5.41) is 3.17. The highest BCUT2D eigenvalue weighted by atomic mass is 79.9. The number of amidine groups is 1. The van der Waals surface area contributed by atoms with E-state index in [9.17, 15) is 4.39 Å². The fourth-order valence-corrected chi connectivity index (χ4v) is 1.84. The zero-order valence-electron chi connectivity index (χ0n) is 7.56. The molecule has 0 atom stereocenters. The van der Waals surface area contributed by atoms with Crippen LogP contribution >= 0.6 is 15.9 Å². The van der Waals surface area contributed by atoms with Crippen LogP contribution in [0.5, 0.6) is 0 Å². The highest BCUT2D eigenvalue weighted by Crippen LogP contribution is 2.23. The summed E-state index contributed by atoms with van der Waals surface area (Å²) < 4.78 is 13.5. The van der Waals surface area contributed by atoms with Crippen LogP contribution in [0.2, 0.25) is 0 Å². The Hall–Kier alpha value is -0.900. The lowest BCUT2D eigenvalue weighted by Gasteiger charge is -2.07. The van der Waals surface area contributed by atoms with E-state index in [2.05, 4.69) is 26.2 Å². The molecule has 14 heavy (non-hydrogen) atoms. The average Bonchev–Trinajstić information content (AvgIpc) is 2.62. The highest BCUT2D eigenvalue weighted by Gasteiger charge is 2.08. The minimum Gasteiger partial charge on any atom is -0.343 e. The third-order valence-corrected chi connectivity index (χ3v) is 2.74. The number of anilines is 1. The SMILES string of the molecule is Fc1ccc(NC2=NCCC2)c(Br)c1. The number of halogens is 2. The molecule has 1 aromatic carbocycles. The van der Waals surface area contributed by atoms with Crippen LogP contribution in [0, 0.1) is 5.82 Å². The van der Waals surface area contributed by atoms with Gasteiger partial charge in [-0.1, -0.05) is 0 Å². The van der Waals surface area contributed by atoms with Gasteiger partial charge in [0.2, 0.25) is 0 Å². The molecule has 1 aliphatic rings. The van der Waals surface area contributed by atoms with Gasteiger partial charge in [-0.15, -0.1) is 0 Å². The summed E-state index contributed by atoms with van der Waals surface area (Å²) in [5.74, 6) is 0.744. The molecule has 1 heterocycles. The minimum absolute atomic E-state index is 0.240. The summed E-state index contributed by atoms with van der Waals surface area (Å²) in [6.07, 6.45) is 2.07. The van der Waals surface area contributed by atoms with Crippen LogP contribution in [0.25, 0.3) is 0 Å². The number of hydrogen-bond donors (Lipinski definition) is 1. The molecule has 1 N–H and O–H groups in total. The monoisotopic (exact) mass is 256 g/mol. The summed E-state index contributed by atoms with van der Waals surface area (Å²) in [6.45, 7) is 0.890. The molecule has 0 bridgehead atoms. The van der Waals surface area contributed by atoms with Crippen LogP contribution in [0.3, 0.4) is 0 Å². The molecule has 0 aromatic heterocycles.